The highest BCUT2D eigenvalue weighted by molar-refractivity contribution is 5.95. The maximum absolute atomic E-state index is 12.3. The molecular formula is C14H19N3O2. The van der Waals surface area contributed by atoms with Gasteiger partial charge in [0.1, 0.15) is 5.78 Å². The monoisotopic (exact) mass is 261 g/mol. The summed E-state index contributed by atoms with van der Waals surface area (Å²) in [7, 11) is 0. The first-order valence-electron chi connectivity index (χ1n) is 6.76. The van der Waals surface area contributed by atoms with Crippen LogP contribution in [0.3, 0.4) is 0 Å². The first-order valence-corrected chi connectivity index (χ1v) is 6.76. The van der Waals surface area contributed by atoms with E-state index in [0.29, 0.717) is 30.6 Å². The van der Waals surface area contributed by atoms with E-state index in [-0.39, 0.29) is 11.9 Å². The van der Waals surface area contributed by atoms with E-state index >= 15 is 0 Å². The van der Waals surface area contributed by atoms with Gasteiger partial charge in [-0.3, -0.25) is 9.59 Å². The molecule has 0 atom stereocenters. The molecule has 1 N–H and O–H groups in total. The minimum atomic E-state index is -0.103. The number of aromatic nitrogens is 2. The Hall–Kier alpha value is -1.78. The summed E-state index contributed by atoms with van der Waals surface area (Å²) >= 11 is 0. The van der Waals surface area contributed by atoms with Crippen molar-refractivity contribution in [3.63, 3.8) is 0 Å². The Morgan fingerprint density at radius 3 is 2.68 bits per heavy atom. The van der Waals surface area contributed by atoms with Gasteiger partial charge < -0.3 is 5.32 Å². The second kappa shape index (κ2) is 5.91. The van der Waals surface area contributed by atoms with Gasteiger partial charge in [-0.15, -0.1) is 0 Å². The smallest absolute Gasteiger partial charge is 0.253 e. The fourth-order valence-electron chi connectivity index (χ4n) is 2.32. The zero-order valence-corrected chi connectivity index (χ0v) is 11.4. The summed E-state index contributed by atoms with van der Waals surface area (Å²) in [6.07, 6.45) is 3.30. The third-order valence-electron chi connectivity index (χ3n) is 3.45. The van der Waals surface area contributed by atoms with Crippen molar-refractivity contribution in [2.45, 2.75) is 52.0 Å². The van der Waals surface area contributed by atoms with Gasteiger partial charge >= 0.3 is 0 Å². The molecule has 1 aromatic heterocycles. The zero-order valence-electron chi connectivity index (χ0n) is 11.4. The van der Waals surface area contributed by atoms with Gasteiger partial charge in [-0.25, -0.2) is 0 Å². The number of carbonyl (C=O) groups excluding carboxylic acids is 2. The fourth-order valence-corrected chi connectivity index (χ4v) is 2.32. The molecule has 0 aliphatic heterocycles. The largest absolute Gasteiger partial charge is 0.349 e. The predicted molar refractivity (Wildman–Crippen MR) is 70.9 cm³/mol. The van der Waals surface area contributed by atoms with Gasteiger partial charge in [0.05, 0.1) is 17.0 Å². The first kappa shape index (κ1) is 13.6. The van der Waals surface area contributed by atoms with Gasteiger partial charge in [0.15, 0.2) is 0 Å². The highest BCUT2D eigenvalue weighted by Gasteiger charge is 2.22. The lowest BCUT2D eigenvalue weighted by Crippen LogP contribution is -2.38. The standard InChI is InChI=1S/C14H19N3O2/c1-3-13-12(8-9(2)16-17-13)14(19)15-10-4-6-11(18)7-5-10/h8,10H,3-7H2,1-2H3,(H,15,19). The molecule has 0 bridgehead atoms. The van der Waals surface area contributed by atoms with Crippen LogP contribution in [0.4, 0.5) is 0 Å². The van der Waals surface area contributed by atoms with Gasteiger partial charge in [0.2, 0.25) is 0 Å². The van der Waals surface area contributed by atoms with Crippen LogP contribution in [0.5, 0.6) is 0 Å². The third kappa shape index (κ3) is 3.36. The molecule has 1 saturated carbocycles. The summed E-state index contributed by atoms with van der Waals surface area (Å²) < 4.78 is 0. The number of hydrogen-bond acceptors (Lipinski definition) is 4. The Labute approximate surface area is 112 Å². The van der Waals surface area contributed by atoms with Gasteiger partial charge in [0, 0.05) is 18.9 Å². The number of nitrogens with zero attached hydrogens (tertiary/aromatic N) is 2. The van der Waals surface area contributed by atoms with Gasteiger partial charge in [-0.05, 0) is 32.3 Å². The first-order chi connectivity index (χ1) is 9.10. The van der Waals surface area contributed by atoms with Crippen molar-refractivity contribution in [2.75, 3.05) is 0 Å². The number of amides is 1. The van der Waals surface area contributed by atoms with Crippen LogP contribution in [0, 0.1) is 6.92 Å². The van der Waals surface area contributed by atoms with Crippen molar-refractivity contribution in [1.82, 2.24) is 15.5 Å². The number of aryl methyl sites for hydroxylation is 2. The molecule has 5 heteroatoms. The maximum atomic E-state index is 12.3. The van der Waals surface area contributed by atoms with Crippen molar-refractivity contribution in [1.29, 1.82) is 0 Å². The van der Waals surface area contributed by atoms with Gasteiger partial charge in [0.25, 0.3) is 5.91 Å². The normalized spacial score (nSPS) is 16.4. The molecule has 1 aromatic rings. The van der Waals surface area contributed by atoms with Crippen LogP contribution in [0.25, 0.3) is 0 Å². The van der Waals surface area contributed by atoms with Crippen LogP contribution in [-0.4, -0.2) is 27.9 Å². The van der Waals surface area contributed by atoms with E-state index in [2.05, 4.69) is 15.5 Å². The van der Waals surface area contributed by atoms with Crippen LogP contribution in [0.1, 0.15) is 54.4 Å². The number of rotatable bonds is 3. The Morgan fingerprint density at radius 2 is 2.05 bits per heavy atom. The second-order valence-electron chi connectivity index (χ2n) is 4.99. The molecule has 1 amide bonds. The minimum absolute atomic E-state index is 0.100. The Kier molecular flexibility index (Phi) is 4.24. The average Bonchev–Trinajstić information content (AvgIpc) is 2.41. The van der Waals surface area contributed by atoms with Crippen LogP contribution in [-0.2, 0) is 11.2 Å². The van der Waals surface area contributed by atoms with Crippen LogP contribution in [0.15, 0.2) is 6.07 Å². The number of carbonyl (C=O) groups is 2. The van der Waals surface area contributed by atoms with E-state index in [0.717, 1.165) is 24.2 Å². The highest BCUT2D eigenvalue weighted by atomic mass is 16.1. The Balaban J connectivity index is 2.07. The maximum Gasteiger partial charge on any atom is 0.253 e. The van der Waals surface area contributed by atoms with Crippen LogP contribution >= 0.6 is 0 Å². The van der Waals surface area contributed by atoms with Gasteiger partial charge in [-0.1, -0.05) is 6.92 Å². The molecule has 0 radical (unpaired) electrons. The number of nitrogens with one attached hydrogen (secondary N) is 1. The molecule has 19 heavy (non-hydrogen) atoms. The molecule has 1 heterocycles. The Morgan fingerprint density at radius 1 is 1.37 bits per heavy atom. The number of hydrogen-bond donors (Lipinski definition) is 1. The average molecular weight is 261 g/mol. The molecule has 102 valence electrons. The lowest BCUT2D eigenvalue weighted by Gasteiger charge is -2.22. The minimum Gasteiger partial charge on any atom is -0.349 e. The van der Waals surface area contributed by atoms with Crippen molar-refractivity contribution in [2.24, 2.45) is 0 Å². The summed E-state index contributed by atoms with van der Waals surface area (Å²) in [6.45, 7) is 3.78. The van der Waals surface area contributed by atoms with Crippen LogP contribution in [0.2, 0.25) is 0 Å². The van der Waals surface area contributed by atoms with E-state index in [1.165, 1.54) is 0 Å². The summed E-state index contributed by atoms with van der Waals surface area (Å²) in [6, 6.07) is 1.87. The molecule has 2 rings (SSSR count). The quantitative estimate of drug-likeness (QED) is 0.896. The molecule has 0 unspecified atom stereocenters. The van der Waals surface area contributed by atoms with E-state index in [9.17, 15) is 9.59 Å². The SMILES string of the molecule is CCc1nnc(C)cc1C(=O)NC1CCC(=O)CC1. The number of Topliss-reactive ketones (excluding diaryl/α,β-unsaturated/α-hetero) is 1. The number of ketones is 1. The third-order valence-corrected chi connectivity index (χ3v) is 3.45. The van der Waals surface area contributed by atoms with E-state index in [4.69, 9.17) is 0 Å². The van der Waals surface area contributed by atoms with Crippen LogP contribution < -0.4 is 5.32 Å². The molecular weight excluding hydrogens is 242 g/mol. The topological polar surface area (TPSA) is 72.0 Å². The molecule has 0 aromatic carbocycles. The van der Waals surface area contributed by atoms with Crippen molar-refractivity contribution in [3.05, 3.63) is 23.0 Å². The summed E-state index contributed by atoms with van der Waals surface area (Å²) in [4.78, 5) is 23.4. The highest BCUT2D eigenvalue weighted by Crippen LogP contribution is 2.16. The molecule has 1 fully saturated rings. The molecule has 1 aliphatic carbocycles. The Bertz CT molecular complexity index is 489. The van der Waals surface area contributed by atoms with Gasteiger partial charge in [-0.2, -0.15) is 10.2 Å². The van der Waals surface area contributed by atoms with E-state index in [1.54, 1.807) is 6.07 Å². The van der Waals surface area contributed by atoms with Crippen molar-refractivity contribution >= 4 is 11.7 Å². The second-order valence-corrected chi connectivity index (χ2v) is 4.99. The molecule has 1 aliphatic rings. The van der Waals surface area contributed by atoms with E-state index < -0.39 is 0 Å². The predicted octanol–water partition coefficient (Wildman–Crippen LogP) is 1.59. The summed E-state index contributed by atoms with van der Waals surface area (Å²) in [5, 5.41) is 11.0. The zero-order chi connectivity index (χ0) is 13.8. The molecule has 0 saturated heterocycles. The van der Waals surface area contributed by atoms with Crippen molar-refractivity contribution in [3.8, 4) is 0 Å². The summed E-state index contributed by atoms with van der Waals surface area (Å²) in [5.74, 6) is 0.190. The molecule has 0 spiro atoms. The van der Waals surface area contributed by atoms with Crippen molar-refractivity contribution < 1.29 is 9.59 Å². The molecule has 5 nitrogen and oxygen atoms in total. The van der Waals surface area contributed by atoms with E-state index in [1.807, 2.05) is 13.8 Å². The lowest BCUT2D eigenvalue weighted by atomic mass is 9.94. The fraction of sp³-hybridized carbons (Fsp3) is 0.571. The summed E-state index contributed by atoms with van der Waals surface area (Å²) in [5.41, 5.74) is 2.06. The lowest BCUT2D eigenvalue weighted by molar-refractivity contribution is -0.120.